The van der Waals surface area contributed by atoms with Crippen LogP contribution in [0.1, 0.15) is 22.8 Å². The monoisotopic (exact) mass is 291 g/mol. The SMILES string of the molecule is CC1(c2ccccc2)Nc2c(Cl)cc(Cl)cc2C1=O. The van der Waals surface area contributed by atoms with Crippen molar-refractivity contribution in [3.8, 4) is 0 Å². The zero-order valence-corrected chi connectivity index (χ0v) is 11.7. The summed E-state index contributed by atoms with van der Waals surface area (Å²) in [5.74, 6) is -0.0156. The molecule has 2 aromatic rings. The normalized spacial score (nSPS) is 21.1. The van der Waals surface area contributed by atoms with Gasteiger partial charge in [0.05, 0.1) is 10.7 Å². The standard InChI is InChI=1S/C15H11Cl2NO/c1-15(9-5-3-2-4-6-9)14(19)11-7-10(16)8-12(17)13(11)18-15/h2-8,18H,1H3. The first-order valence-corrected chi connectivity index (χ1v) is 6.65. The highest BCUT2D eigenvalue weighted by atomic mass is 35.5. The van der Waals surface area contributed by atoms with E-state index in [2.05, 4.69) is 5.32 Å². The third kappa shape index (κ3) is 1.83. The van der Waals surface area contributed by atoms with Gasteiger partial charge in [-0.15, -0.1) is 0 Å². The molecule has 1 heterocycles. The number of halogens is 2. The first kappa shape index (κ1) is 12.5. The summed E-state index contributed by atoms with van der Waals surface area (Å²) >= 11 is 12.1. The topological polar surface area (TPSA) is 29.1 Å². The number of ketones is 1. The van der Waals surface area contributed by atoms with Gasteiger partial charge in [-0.05, 0) is 24.6 Å². The van der Waals surface area contributed by atoms with Crippen LogP contribution in [-0.2, 0) is 5.54 Å². The van der Waals surface area contributed by atoms with Gasteiger partial charge >= 0.3 is 0 Å². The van der Waals surface area contributed by atoms with Crippen LogP contribution in [0, 0.1) is 0 Å². The Morgan fingerprint density at radius 1 is 1.11 bits per heavy atom. The summed E-state index contributed by atoms with van der Waals surface area (Å²) in [6.45, 7) is 1.86. The number of hydrogen-bond acceptors (Lipinski definition) is 2. The molecule has 1 N–H and O–H groups in total. The van der Waals surface area contributed by atoms with Crippen molar-refractivity contribution in [1.82, 2.24) is 0 Å². The minimum atomic E-state index is -0.794. The number of benzene rings is 2. The number of carbonyl (C=O) groups is 1. The van der Waals surface area contributed by atoms with Crippen LogP contribution in [0.5, 0.6) is 0 Å². The quantitative estimate of drug-likeness (QED) is 0.837. The Kier molecular flexibility index (Phi) is 2.80. The summed E-state index contributed by atoms with van der Waals surface area (Å²) in [4.78, 5) is 12.6. The van der Waals surface area contributed by atoms with Crippen molar-refractivity contribution in [2.24, 2.45) is 0 Å². The van der Waals surface area contributed by atoms with E-state index >= 15 is 0 Å². The fourth-order valence-corrected chi connectivity index (χ4v) is 2.97. The van der Waals surface area contributed by atoms with Crippen molar-refractivity contribution < 1.29 is 4.79 Å². The number of rotatable bonds is 1. The first-order valence-electron chi connectivity index (χ1n) is 5.90. The van der Waals surface area contributed by atoms with Crippen molar-refractivity contribution in [2.75, 3.05) is 5.32 Å². The predicted molar refractivity (Wildman–Crippen MR) is 78.2 cm³/mol. The lowest BCUT2D eigenvalue weighted by molar-refractivity contribution is 0.0928. The molecule has 0 bridgehead atoms. The maximum atomic E-state index is 12.6. The Morgan fingerprint density at radius 3 is 2.47 bits per heavy atom. The smallest absolute Gasteiger partial charge is 0.194 e. The average Bonchev–Trinajstić information content (AvgIpc) is 2.66. The number of carbonyl (C=O) groups excluding carboxylic acids is 1. The Labute approximate surface area is 121 Å². The van der Waals surface area contributed by atoms with Crippen LogP contribution in [0.3, 0.4) is 0 Å². The van der Waals surface area contributed by atoms with Crippen LogP contribution >= 0.6 is 23.2 Å². The highest BCUT2D eigenvalue weighted by molar-refractivity contribution is 6.38. The number of fused-ring (bicyclic) bond motifs is 1. The molecule has 0 aromatic heterocycles. The largest absolute Gasteiger partial charge is 0.367 e. The Balaban J connectivity index is 2.16. The lowest BCUT2D eigenvalue weighted by Gasteiger charge is -2.24. The molecular formula is C15H11Cl2NO. The molecule has 0 saturated carbocycles. The molecule has 1 atom stereocenters. The van der Waals surface area contributed by atoms with E-state index in [0.717, 1.165) is 5.56 Å². The lowest BCUT2D eigenvalue weighted by atomic mass is 9.88. The molecule has 4 heteroatoms. The Hall–Kier alpha value is -1.51. The second-order valence-electron chi connectivity index (χ2n) is 4.76. The minimum Gasteiger partial charge on any atom is -0.367 e. The maximum Gasteiger partial charge on any atom is 0.194 e. The number of Topliss-reactive ketones (excluding diaryl/α,β-unsaturated/α-hetero) is 1. The molecule has 19 heavy (non-hydrogen) atoms. The van der Waals surface area contributed by atoms with Crippen LogP contribution in [0.15, 0.2) is 42.5 Å². The molecular weight excluding hydrogens is 281 g/mol. The van der Waals surface area contributed by atoms with Gasteiger partial charge in [-0.1, -0.05) is 53.5 Å². The van der Waals surface area contributed by atoms with E-state index in [0.29, 0.717) is 21.3 Å². The van der Waals surface area contributed by atoms with Gasteiger partial charge < -0.3 is 5.32 Å². The summed E-state index contributed by atoms with van der Waals surface area (Å²) in [7, 11) is 0. The summed E-state index contributed by atoms with van der Waals surface area (Å²) in [5, 5.41) is 4.17. The molecule has 0 spiro atoms. The molecule has 0 saturated heterocycles. The zero-order chi connectivity index (χ0) is 13.6. The third-order valence-corrected chi connectivity index (χ3v) is 4.00. The molecule has 0 fully saturated rings. The van der Waals surface area contributed by atoms with Crippen molar-refractivity contribution in [1.29, 1.82) is 0 Å². The van der Waals surface area contributed by atoms with Crippen LogP contribution in [-0.4, -0.2) is 5.78 Å². The van der Waals surface area contributed by atoms with Crippen LogP contribution < -0.4 is 5.32 Å². The molecule has 2 aromatic carbocycles. The molecule has 1 aliphatic rings. The molecule has 96 valence electrons. The Bertz CT molecular complexity index is 669. The van der Waals surface area contributed by atoms with E-state index in [1.165, 1.54) is 0 Å². The molecule has 1 unspecified atom stereocenters. The Morgan fingerprint density at radius 2 is 1.79 bits per heavy atom. The van der Waals surface area contributed by atoms with Crippen molar-refractivity contribution in [2.45, 2.75) is 12.5 Å². The van der Waals surface area contributed by atoms with Gasteiger partial charge in [0.15, 0.2) is 5.78 Å². The van der Waals surface area contributed by atoms with E-state index in [1.54, 1.807) is 12.1 Å². The average molecular weight is 292 g/mol. The predicted octanol–water partition coefficient (Wildman–Crippen LogP) is 4.52. The van der Waals surface area contributed by atoms with E-state index in [4.69, 9.17) is 23.2 Å². The summed E-state index contributed by atoms with van der Waals surface area (Å²) < 4.78 is 0. The molecule has 0 amide bonds. The summed E-state index contributed by atoms with van der Waals surface area (Å²) in [5.41, 5.74) is 1.31. The first-order chi connectivity index (χ1) is 9.02. The van der Waals surface area contributed by atoms with E-state index in [9.17, 15) is 4.79 Å². The van der Waals surface area contributed by atoms with Gasteiger partial charge in [0.1, 0.15) is 5.54 Å². The van der Waals surface area contributed by atoms with Gasteiger partial charge in [0, 0.05) is 10.6 Å². The lowest BCUT2D eigenvalue weighted by Crippen LogP contribution is -2.34. The van der Waals surface area contributed by atoms with Gasteiger partial charge in [-0.2, -0.15) is 0 Å². The molecule has 2 nitrogen and oxygen atoms in total. The van der Waals surface area contributed by atoms with E-state index in [-0.39, 0.29) is 5.78 Å². The fourth-order valence-electron chi connectivity index (χ4n) is 2.43. The van der Waals surface area contributed by atoms with Gasteiger partial charge in [-0.25, -0.2) is 0 Å². The second-order valence-corrected chi connectivity index (χ2v) is 5.60. The number of nitrogens with one attached hydrogen (secondary N) is 1. The molecule has 0 radical (unpaired) electrons. The number of hydrogen-bond donors (Lipinski definition) is 1. The third-order valence-electron chi connectivity index (χ3n) is 3.48. The zero-order valence-electron chi connectivity index (χ0n) is 10.2. The van der Waals surface area contributed by atoms with Crippen LogP contribution in [0.25, 0.3) is 0 Å². The molecule has 0 aliphatic carbocycles. The van der Waals surface area contributed by atoms with Crippen LogP contribution in [0.4, 0.5) is 5.69 Å². The van der Waals surface area contributed by atoms with Crippen molar-refractivity contribution in [3.63, 3.8) is 0 Å². The van der Waals surface area contributed by atoms with Crippen molar-refractivity contribution in [3.05, 3.63) is 63.6 Å². The highest BCUT2D eigenvalue weighted by Crippen LogP contribution is 2.43. The molecule has 1 aliphatic heterocycles. The highest BCUT2D eigenvalue weighted by Gasteiger charge is 2.43. The van der Waals surface area contributed by atoms with Crippen molar-refractivity contribution >= 4 is 34.7 Å². The van der Waals surface area contributed by atoms with E-state index < -0.39 is 5.54 Å². The second kappa shape index (κ2) is 4.26. The maximum absolute atomic E-state index is 12.6. The number of anilines is 1. The fraction of sp³-hybridized carbons (Fsp3) is 0.133. The van der Waals surface area contributed by atoms with Crippen LogP contribution in [0.2, 0.25) is 10.0 Å². The van der Waals surface area contributed by atoms with Gasteiger partial charge in [0.25, 0.3) is 0 Å². The van der Waals surface area contributed by atoms with Gasteiger partial charge in [0.2, 0.25) is 0 Å². The molecule has 3 rings (SSSR count). The van der Waals surface area contributed by atoms with E-state index in [1.807, 2.05) is 37.3 Å². The minimum absolute atomic E-state index is 0.0156. The van der Waals surface area contributed by atoms with Gasteiger partial charge in [-0.3, -0.25) is 4.79 Å². The summed E-state index contributed by atoms with van der Waals surface area (Å²) in [6, 6.07) is 12.9. The summed E-state index contributed by atoms with van der Waals surface area (Å²) in [6.07, 6.45) is 0.